The van der Waals surface area contributed by atoms with Crippen LogP contribution in [0.3, 0.4) is 0 Å². The van der Waals surface area contributed by atoms with Gasteiger partial charge in [0.2, 0.25) is 0 Å². The number of hydrogen-bond acceptors (Lipinski definition) is 2. The van der Waals surface area contributed by atoms with E-state index >= 15 is 0 Å². The molecule has 3 saturated carbocycles. The van der Waals surface area contributed by atoms with Crippen LogP contribution in [0.2, 0.25) is 0 Å². The first-order valence-corrected chi connectivity index (χ1v) is 15.0. The Bertz CT molecular complexity index is 843. The summed E-state index contributed by atoms with van der Waals surface area (Å²) in [5.41, 5.74) is 6.23. The van der Waals surface area contributed by atoms with Crippen molar-refractivity contribution in [2.24, 2.45) is 29.1 Å². The molecule has 0 aromatic heterocycles. The van der Waals surface area contributed by atoms with Crippen molar-refractivity contribution in [3.8, 4) is 0 Å². The van der Waals surface area contributed by atoms with E-state index < -0.39 is 0 Å². The zero-order valence-corrected chi connectivity index (χ0v) is 24.2. The number of esters is 1. The van der Waals surface area contributed by atoms with Crippen LogP contribution in [0, 0.1) is 29.1 Å². The predicted octanol–water partition coefficient (Wildman–Crippen LogP) is 9.92. The molecule has 2 heteroatoms. The monoisotopic (exact) mass is 494 g/mol. The fraction of sp³-hybridized carbons (Fsp3) is 0.735. The zero-order valence-electron chi connectivity index (χ0n) is 24.2. The molecule has 2 nitrogen and oxygen atoms in total. The van der Waals surface area contributed by atoms with Crippen molar-refractivity contribution in [3.63, 3.8) is 0 Å². The van der Waals surface area contributed by atoms with Crippen LogP contribution >= 0.6 is 0 Å². The third kappa shape index (κ3) is 7.26. The number of fused-ring (bicyclic) bond motifs is 1. The van der Waals surface area contributed by atoms with Gasteiger partial charge in [0, 0.05) is 13.3 Å². The van der Waals surface area contributed by atoms with Gasteiger partial charge in [0.25, 0.3) is 0 Å². The number of hydrogen-bond donors (Lipinski definition) is 0. The normalized spacial score (nSPS) is 31.9. The van der Waals surface area contributed by atoms with E-state index in [9.17, 15) is 4.79 Å². The van der Waals surface area contributed by atoms with Gasteiger partial charge in [-0.2, -0.15) is 0 Å². The third-order valence-electron chi connectivity index (χ3n) is 9.73. The molecule has 0 aromatic carbocycles. The van der Waals surface area contributed by atoms with Gasteiger partial charge in [-0.15, -0.1) is 6.58 Å². The summed E-state index contributed by atoms with van der Waals surface area (Å²) in [6, 6.07) is 0. The van der Waals surface area contributed by atoms with Crippen molar-refractivity contribution in [3.05, 3.63) is 47.6 Å². The lowest BCUT2D eigenvalue weighted by Gasteiger charge is -2.44. The van der Waals surface area contributed by atoms with E-state index in [4.69, 9.17) is 4.74 Å². The Balaban J connectivity index is 1.85. The number of unbranched alkanes of at least 4 members (excludes halogenated alkanes) is 1. The van der Waals surface area contributed by atoms with Crippen molar-refractivity contribution >= 4 is 5.97 Å². The molecule has 0 bridgehead atoms. The Labute approximate surface area is 222 Å². The highest BCUT2D eigenvalue weighted by atomic mass is 16.5. The van der Waals surface area contributed by atoms with Crippen molar-refractivity contribution in [1.82, 2.24) is 0 Å². The number of rotatable bonds is 11. The van der Waals surface area contributed by atoms with E-state index in [1.165, 1.54) is 75.0 Å². The lowest BCUT2D eigenvalue weighted by Crippen LogP contribution is -2.36. The molecule has 3 rings (SSSR count). The zero-order chi connectivity index (χ0) is 26.3. The largest absolute Gasteiger partial charge is 0.462 e. The number of carbonyl (C=O) groups is 1. The fourth-order valence-corrected chi connectivity index (χ4v) is 7.86. The molecule has 0 aliphatic heterocycles. The second-order valence-corrected chi connectivity index (χ2v) is 12.9. The summed E-state index contributed by atoms with van der Waals surface area (Å²) in [6.45, 7) is 19.8. The number of carbonyl (C=O) groups excluding carboxylic acids is 1. The Morgan fingerprint density at radius 2 is 1.92 bits per heavy atom. The molecule has 0 saturated heterocycles. The molecule has 0 aromatic rings. The minimum atomic E-state index is -0.166. The van der Waals surface area contributed by atoms with Crippen LogP contribution in [-0.4, -0.2) is 12.1 Å². The standard InChI is InChI=1S/C34H54O2/c1-8-9-10-15-28(31-23-30(36-27(6)35)18-17-25(31)4)22-29-16-12-21-34(7)32(19-20-33(29)34)26(5)14-11-13-24(2)3/h8,22,24,26,30,32-33H,1,4,9-21,23H2,2-3,5-7H3/b29-22+,31-28-/t26-,30+,32-,33+,34-/m1/s1. The van der Waals surface area contributed by atoms with Crippen LogP contribution in [0.5, 0.6) is 0 Å². The highest BCUT2D eigenvalue weighted by molar-refractivity contribution is 5.66. The van der Waals surface area contributed by atoms with Gasteiger partial charge in [0.15, 0.2) is 0 Å². The van der Waals surface area contributed by atoms with Crippen LogP contribution in [0.15, 0.2) is 47.6 Å². The SMILES string of the molecule is C=CCCCC(/C=C1\CCC[C@]2(C)[C@@H]([C@H](C)CCCC(C)C)CC[C@@H]12)=C1\C[C@@H](OC(C)=O)CCC1=C. The van der Waals surface area contributed by atoms with E-state index in [2.05, 4.69) is 46.9 Å². The number of allylic oxidation sites excluding steroid dienone is 5. The Morgan fingerprint density at radius 1 is 1.14 bits per heavy atom. The quantitative estimate of drug-likeness (QED) is 0.162. The number of ether oxygens (including phenoxy) is 1. The fourth-order valence-electron chi connectivity index (χ4n) is 7.86. The molecule has 0 spiro atoms. The summed E-state index contributed by atoms with van der Waals surface area (Å²) in [7, 11) is 0. The molecule has 0 N–H and O–H groups in total. The molecular weight excluding hydrogens is 440 g/mol. The Morgan fingerprint density at radius 3 is 2.61 bits per heavy atom. The molecule has 0 amide bonds. The summed E-state index contributed by atoms with van der Waals surface area (Å²) in [5, 5.41) is 0. The van der Waals surface area contributed by atoms with E-state index in [1.807, 2.05) is 6.08 Å². The third-order valence-corrected chi connectivity index (χ3v) is 9.73. The molecule has 202 valence electrons. The van der Waals surface area contributed by atoms with E-state index in [1.54, 1.807) is 5.57 Å². The van der Waals surface area contributed by atoms with Crippen LogP contribution in [0.4, 0.5) is 0 Å². The van der Waals surface area contributed by atoms with Gasteiger partial charge in [-0.25, -0.2) is 0 Å². The Hall–Kier alpha value is -1.57. The van der Waals surface area contributed by atoms with Crippen molar-refractivity contribution in [2.45, 2.75) is 131 Å². The van der Waals surface area contributed by atoms with E-state index in [-0.39, 0.29) is 12.1 Å². The summed E-state index contributed by atoms with van der Waals surface area (Å²) < 4.78 is 5.66. The highest BCUT2D eigenvalue weighted by Gasteiger charge is 2.50. The molecular formula is C34H54O2. The van der Waals surface area contributed by atoms with Gasteiger partial charge in [-0.05, 0) is 104 Å². The molecule has 3 aliphatic rings. The summed E-state index contributed by atoms with van der Waals surface area (Å²) >= 11 is 0. The molecule has 0 unspecified atom stereocenters. The Kier molecular flexibility index (Phi) is 10.7. The van der Waals surface area contributed by atoms with E-state index in [0.717, 1.165) is 62.2 Å². The highest BCUT2D eigenvalue weighted by Crippen LogP contribution is 2.60. The molecule has 0 heterocycles. The first-order valence-electron chi connectivity index (χ1n) is 15.0. The van der Waals surface area contributed by atoms with Gasteiger partial charge in [0.05, 0.1) is 0 Å². The van der Waals surface area contributed by atoms with Crippen LogP contribution in [0.25, 0.3) is 0 Å². The first kappa shape index (κ1) is 29.0. The lowest BCUT2D eigenvalue weighted by atomic mass is 9.60. The minimum Gasteiger partial charge on any atom is -0.462 e. The van der Waals surface area contributed by atoms with Crippen molar-refractivity contribution in [2.75, 3.05) is 0 Å². The smallest absolute Gasteiger partial charge is 0.302 e. The van der Waals surface area contributed by atoms with Crippen LogP contribution < -0.4 is 0 Å². The summed E-state index contributed by atoms with van der Waals surface area (Å²) in [4.78, 5) is 11.7. The van der Waals surface area contributed by atoms with Gasteiger partial charge >= 0.3 is 5.97 Å². The maximum Gasteiger partial charge on any atom is 0.302 e. The molecule has 36 heavy (non-hydrogen) atoms. The van der Waals surface area contributed by atoms with Gasteiger partial charge in [-0.3, -0.25) is 4.79 Å². The molecule has 0 radical (unpaired) electrons. The van der Waals surface area contributed by atoms with E-state index in [0.29, 0.717) is 5.41 Å². The maximum atomic E-state index is 11.7. The summed E-state index contributed by atoms with van der Waals surface area (Å²) in [5.74, 6) is 3.05. The molecule has 3 fully saturated rings. The molecule has 5 atom stereocenters. The lowest BCUT2D eigenvalue weighted by molar-refractivity contribution is -0.146. The maximum absolute atomic E-state index is 11.7. The second kappa shape index (κ2) is 13.3. The van der Waals surface area contributed by atoms with Crippen molar-refractivity contribution in [1.29, 1.82) is 0 Å². The van der Waals surface area contributed by atoms with Gasteiger partial charge in [0.1, 0.15) is 6.10 Å². The minimum absolute atomic E-state index is 0.00465. The van der Waals surface area contributed by atoms with Crippen LogP contribution in [0.1, 0.15) is 125 Å². The average Bonchev–Trinajstić information content (AvgIpc) is 3.17. The van der Waals surface area contributed by atoms with Gasteiger partial charge < -0.3 is 4.74 Å². The second-order valence-electron chi connectivity index (χ2n) is 12.9. The summed E-state index contributed by atoms with van der Waals surface area (Å²) in [6.07, 6.45) is 21.3. The molecule has 3 aliphatic carbocycles. The average molecular weight is 495 g/mol. The topological polar surface area (TPSA) is 26.3 Å². The predicted molar refractivity (Wildman–Crippen MR) is 154 cm³/mol. The van der Waals surface area contributed by atoms with Gasteiger partial charge in [-0.1, -0.05) is 76.8 Å². The van der Waals surface area contributed by atoms with Crippen LogP contribution in [-0.2, 0) is 9.53 Å². The van der Waals surface area contributed by atoms with Crippen molar-refractivity contribution < 1.29 is 9.53 Å². The first-order chi connectivity index (χ1) is 17.2.